The summed E-state index contributed by atoms with van der Waals surface area (Å²) in [4.78, 5) is 26.6. The van der Waals surface area contributed by atoms with E-state index in [1.807, 2.05) is 46.8 Å². The zero-order chi connectivity index (χ0) is 18.1. The van der Waals surface area contributed by atoms with Crippen LogP contribution in [0.1, 0.15) is 55.1 Å². The summed E-state index contributed by atoms with van der Waals surface area (Å²) in [5.41, 5.74) is 2.43. The molecule has 4 nitrogen and oxygen atoms in total. The van der Waals surface area contributed by atoms with Crippen molar-refractivity contribution in [2.24, 2.45) is 5.92 Å². The van der Waals surface area contributed by atoms with E-state index in [1.54, 1.807) is 4.90 Å². The molecule has 0 spiro atoms. The van der Waals surface area contributed by atoms with Gasteiger partial charge < -0.3 is 9.64 Å². The average molecular weight is 396 g/mol. The molecule has 24 heavy (non-hydrogen) atoms. The van der Waals surface area contributed by atoms with Crippen LogP contribution in [0.2, 0.25) is 0 Å². The number of aryl methyl sites for hydroxylation is 2. The van der Waals surface area contributed by atoms with E-state index >= 15 is 0 Å². The van der Waals surface area contributed by atoms with Gasteiger partial charge >= 0.3 is 6.09 Å². The van der Waals surface area contributed by atoms with Crippen molar-refractivity contribution in [1.29, 1.82) is 0 Å². The van der Waals surface area contributed by atoms with Crippen LogP contribution in [0.4, 0.5) is 4.79 Å². The molecule has 0 bridgehead atoms. The van der Waals surface area contributed by atoms with Crippen LogP contribution < -0.4 is 0 Å². The highest BCUT2D eigenvalue weighted by atomic mass is 79.9. The van der Waals surface area contributed by atoms with Gasteiger partial charge in [0.1, 0.15) is 5.60 Å². The van der Waals surface area contributed by atoms with Gasteiger partial charge in [-0.3, -0.25) is 4.79 Å². The summed E-state index contributed by atoms with van der Waals surface area (Å²) in [5, 5.41) is 0. The van der Waals surface area contributed by atoms with Crippen LogP contribution in [0, 0.1) is 19.8 Å². The molecule has 1 fully saturated rings. The number of amides is 1. The number of Topliss-reactive ketones (excluding diaryl/α,β-unsaturated/α-hetero) is 1. The second kappa shape index (κ2) is 7.26. The van der Waals surface area contributed by atoms with Crippen LogP contribution in [0.25, 0.3) is 0 Å². The van der Waals surface area contributed by atoms with Crippen LogP contribution in [-0.4, -0.2) is 35.5 Å². The van der Waals surface area contributed by atoms with Crippen molar-refractivity contribution in [1.82, 2.24) is 4.90 Å². The summed E-state index contributed by atoms with van der Waals surface area (Å²) in [6.07, 6.45) is 1.08. The Labute approximate surface area is 152 Å². The van der Waals surface area contributed by atoms with Crippen molar-refractivity contribution >= 4 is 27.8 Å². The third kappa shape index (κ3) is 4.59. The fraction of sp³-hybridized carbons (Fsp3) is 0.579. The lowest BCUT2D eigenvalue weighted by atomic mass is 9.87. The van der Waals surface area contributed by atoms with Crippen molar-refractivity contribution in [2.75, 3.05) is 13.1 Å². The molecule has 1 aliphatic heterocycles. The molecule has 0 radical (unpaired) electrons. The topological polar surface area (TPSA) is 46.6 Å². The van der Waals surface area contributed by atoms with E-state index < -0.39 is 5.60 Å². The summed E-state index contributed by atoms with van der Waals surface area (Å²) >= 11 is 3.51. The van der Waals surface area contributed by atoms with Crippen LogP contribution in [0.15, 0.2) is 16.6 Å². The van der Waals surface area contributed by atoms with Crippen molar-refractivity contribution in [2.45, 2.75) is 53.1 Å². The predicted octanol–water partition coefficient (Wildman–Crippen LogP) is 4.90. The highest BCUT2D eigenvalue weighted by Crippen LogP contribution is 2.27. The van der Waals surface area contributed by atoms with Gasteiger partial charge in [-0.15, -0.1) is 0 Å². The molecule has 1 aliphatic rings. The van der Waals surface area contributed by atoms with Crippen molar-refractivity contribution in [3.05, 3.63) is 33.3 Å². The number of ether oxygens (including phenoxy) is 1. The molecule has 1 aromatic carbocycles. The Morgan fingerprint density at radius 3 is 2.25 bits per heavy atom. The summed E-state index contributed by atoms with van der Waals surface area (Å²) in [6, 6.07) is 3.96. The third-order valence-corrected chi connectivity index (χ3v) is 5.14. The molecule has 0 atom stereocenters. The Kier molecular flexibility index (Phi) is 5.74. The van der Waals surface area contributed by atoms with Crippen LogP contribution >= 0.6 is 15.9 Å². The van der Waals surface area contributed by atoms with E-state index in [1.165, 1.54) is 0 Å². The Hall–Kier alpha value is -1.36. The van der Waals surface area contributed by atoms with Gasteiger partial charge in [0.2, 0.25) is 0 Å². The summed E-state index contributed by atoms with van der Waals surface area (Å²) in [5.74, 6) is 0.147. The lowest BCUT2D eigenvalue weighted by molar-refractivity contribution is 0.0182. The number of hydrogen-bond donors (Lipinski definition) is 0. The molecule has 132 valence electrons. The number of piperidine rings is 1. The number of halogens is 1. The van der Waals surface area contributed by atoms with Crippen LogP contribution in [0.3, 0.4) is 0 Å². The minimum Gasteiger partial charge on any atom is -0.444 e. The minimum atomic E-state index is -0.491. The van der Waals surface area contributed by atoms with Gasteiger partial charge in [0, 0.05) is 29.0 Å². The predicted molar refractivity (Wildman–Crippen MR) is 98.5 cm³/mol. The first kappa shape index (κ1) is 19.0. The lowest BCUT2D eigenvalue weighted by Crippen LogP contribution is -2.43. The van der Waals surface area contributed by atoms with Gasteiger partial charge in [0.15, 0.2) is 5.78 Å². The Bertz CT molecular complexity index is 641. The van der Waals surface area contributed by atoms with E-state index in [-0.39, 0.29) is 17.8 Å². The molecule has 2 rings (SSSR count). The number of carbonyl (C=O) groups is 2. The fourth-order valence-electron chi connectivity index (χ4n) is 2.96. The van der Waals surface area contributed by atoms with Crippen molar-refractivity contribution in [3.8, 4) is 0 Å². The lowest BCUT2D eigenvalue weighted by Gasteiger charge is -2.33. The van der Waals surface area contributed by atoms with Gasteiger partial charge in [0.05, 0.1) is 0 Å². The zero-order valence-electron chi connectivity index (χ0n) is 15.1. The molecule has 0 unspecified atom stereocenters. The third-order valence-electron chi connectivity index (χ3n) is 4.29. The first-order valence-corrected chi connectivity index (χ1v) is 9.16. The molecule has 1 aromatic rings. The van der Waals surface area contributed by atoms with Gasteiger partial charge in [-0.25, -0.2) is 4.79 Å². The fourth-order valence-corrected chi connectivity index (χ4v) is 3.31. The molecule has 0 aromatic heterocycles. The molecular weight excluding hydrogens is 370 g/mol. The second-order valence-electron chi connectivity index (χ2n) is 7.52. The number of hydrogen-bond acceptors (Lipinski definition) is 3. The van der Waals surface area contributed by atoms with Crippen LogP contribution in [0.5, 0.6) is 0 Å². The first-order chi connectivity index (χ1) is 11.1. The molecule has 5 heteroatoms. The van der Waals surface area contributed by atoms with E-state index in [0.717, 1.165) is 21.2 Å². The monoisotopic (exact) mass is 395 g/mol. The normalized spacial score (nSPS) is 16.2. The molecule has 0 saturated carbocycles. The largest absolute Gasteiger partial charge is 0.444 e. The van der Waals surface area contributed by atoms with E-state index in [4.69, 9.17) is 4.74 Å². The molecule has 1 heterocycles. The van der Waals surface area contributed by atoms with Crippen molar-refractivity contribution in [3.63, 3.8) is 0 Å². The maximum absolute atomic E-state index is 12.8. The molecule has 1 saturated heterocycles. The molecular formula is C19H26BrNO3. The molecule has 0 aliphatic carbocycles. The second-order valence-corrected chi connectivity index (χ2v) is 8.38. The number of nitrogens with zero attached hydrogens (tertiary/aromatic N) is 1. The first-order valence-electron chi connectivity index (χ1n) is 8.37. The number of carbonyl (C=O) groups excluding carboxylic acids is 2. The number of ketones is 1. The summed E-state index contributed by atoms with van der Waals surface area (Å²) in [6.45, 7) is 10.7. The number of rotatable bonds is 2. The SMILES string of the molecule is Cc1cc(C)c(C(=O)C2CCN(C(=O)OC(C)(C)C)CC2)cc1Br. The maximum atomic E-state index is 12.8. The standard InChI is InChI=1S/C19H26BrNO3/c1-12-10-13(2)16(20)11-15(12)17(22)14-6-8-21(9-7-14)18(23)24-19(3,4)5/h10-11,14H,6-9H2,1-5H3. The van der Waals surface area contributed by atoms with Gasteiger partial charge in [0.25, 0.3) is 0 Å². The van der Waals surface area contributed by atoms with Crippen molar-refractivity contribution < 1.29 is 14.3 Å². The highest BCUT2D eigenvalue weighted by molar-refractivity contribution is 9.10. The molecule has 1 amide bonds. The van der Waals surface area contributed by atoms with Gasteiger partial charge in [-0.1, -0.05) is 22.0 Å². The van der Waals surface area contributed by atoms with E-state index in [9.17, 15) is 9.59 Å². The maximum Gasteiger partial charge on any atom is 0.410 e. The zero-order valence-corrected chi connectivity index (χ0v) is 16.7. The van der Waals surface area contributed by atoms with E-state index in [0.29, 0.717) is 25.9 Å². The smallest absolute Gasteiger partial charge is 0.410 e. The minimum absolute atomic E-state index is 0.0306. The number of likely N-dealkylation sites (tertiary alicyclic amines) is 1. The highest BCUT2D eigenvalue weighted by Gasteiger charge is 2.30. The Morgan fingerprint density at radius 1 is 1.12 bits per heavy atom. The quantitative estimate of drug-likeness (QED) is 0.669. The number of benzene rings is 1. The molecule has 0 N–H and O–H groups in total. The van der Waals surface area contributed by atoms with E-state index in [2.05, 4.69) is 15.9 Å². The summed E-state index contributed by atoms with van der Waals surface area (Å²) in [7, 11) is 0. The van der Waals surface area contributed by atoms with Gasteiger partial charge in [-0.2, -0.15) is 0 Å². The van der Waals surface area contributed by atoms with Gasteiger partial charge in [-0.05, 0) is 64.7 Å². The van der Waals surface area contributed by atoms with Crippen LogP contribution in [-0.2, 0) is 4.74 Å². The average Bonchev–Trinajstić information content (AvgIpc) is 2.49. The Balaban J connectivity index is 2.01. The Morgan fingerprint density at radius 2 is 1.71 bits per heavy atom. The summed E-state index contributed by atoms with van der Waals surface area (Å²) < 4.78 is 6.36.